The van der Waals surface area contributed by atoms with E-state index >= 15 is 0 Å². The first-order valence-corrected chi connectivity index (χ1v) is 8.65. The number of halogens is 1. The predicted octanol–water partition coefficient (Wildman–Crippen LogP) is 3.91. The van der Waals surface area contributed by atoms with Gasteiger partial charge in [0, 0.05) is 36.7 Å². The number of rotatable bonds is 6. The van der Waals surface area contributed by atoms with E-state index in [0.717, 1.165) is 5.56 Å². The minimum atomic E-state index is -0.255. The SMILES string of the molecule is COc1cc(Cl)c(C)cc1NC(=O)CCN(C(C)=O)c1ccc(C#N)cc1. The lowest BCUT2D eigenvalue weighted by Gasteiger charge is -2.21. The number of carbonyl (C=O) groups is 2. The van der Waals surface area contributed by atoms with Gasteiger partial charge in [-0.1, -0.05) is 11.6 Å². The summed E-state index contributed by atoms with van der Waals surface area (Å²) in [4.78, 5) is 25.8. The van der Waals surface area contributed by atoms with Gasteiger partial charge < -0.3 is 15.0 Å². The van der Waals surface area contributed by atoms with Gasteiger partial charge in [-0.2, -0.15) is 5.26 Å². The molecule has 0 aliphatic rings. The summed E-state index contributed by atoms with van der Waals surface area (Å²) in [7, 11) is 1.50. The van der Waals surface area contributed by atoms with Crippen molar-refractivity contribution in [3.63, 3.8) is 0 Å². The normalized spacial score (nSPS) is 10.0. The monoisotopic (exact) mass is 385 g/mol. The zero-order valence-electron chi connectivity index (χ0n) is 15.4. The molecule has 1 N–H and O–H groups in total. The first kappa shape index (κ1) is 20.3. The van der Waals surface area contributed by atoms with Crippen molar-refractivity contribution in [1.29, 1.82) is 5.26 Å². The average Bonchev–Trinajstić information content (AvgIpc) is 2.65. The van der Waals surface area contributed by atoms with E-state index < -0.39 is 0 Å². The molecule has 0 fully saturated rings. The summed E-state index contributed by atoms with van der Waals surface area (Å²) in [6, 6.07) is 12.0. The van der Waals surface area contributed by atoms with E-state index in [1.54, 1.807) is 36.4 Å². The molecule has 27 heavy (non-hydrogen) atoms. The number of methoxy groups -OCH3 is 1. The molecule has 6 nitrogen and oxygen atoms in total. The fraction of sp³-hybridized carbons (Fsp3) is 0.250. The Kier molecular flexibility index (Phi) is 6.80. The second-order valence-corrected chi connectivity index (χ2v) is 6.34. The smallest absolute Gasteiger partial charge is 0.226 e. The van der Waals surface area contributed by atoms with E-state index in [-0.39, 0.29) is 24.8 Å². The fourth-order valence-electron chi connectivity index (χ4n) is 2.54. The first-order chi connectivity index (χ1) is 12.8. The molecule has 0 radical (unpaired) electrons. The lowest BCUT2D eigenvalue weighted by Crippen LogP contribution is -2.32. The molecule has 2 rings (SSSR count). The Labute approximate surface area is 163 Å². The largest absolute Gasteiger partial charge is 0.495 e. The number of carbonyl (C=O) groups excluding carboxylic acids is 2. The van der Waals surface area contributed by atoms with E-state index in [1.807, 2.05) is 13.0 Å². The standard InChI is InChI=1S/C20H20ClN3O3/c1-13-10-18(19(27-3)11-17(13)21)23-20(26)8-9-24(14(2)25)16-6-4-15(12-22)5-7-16/h4-7,10-11H,8-9H2,1-3H3,(H,23,26). The van der Waals surface area contributed by atoms with Gasteiger partial charge in [0.05, 0.1) is 24.4 Å². The van der Waals surface area contributed by atoms with Gasteiger partial charge >= 0.3 is 0 Å². The minimum Gasteiger partial charge on any atom is -0.495 e. The van der Waals surface area contributed by atoms with Gasteiger partial charge in [0.15, 0.2) is 0 Å². The highest BCUT2D eigenvalue weighted by Gasteiger charge is 2.15. The number of anilines is 2. The number of nitriles is 1. The summed E-state index contributed by atoms with van der Waals surface area (Å²) < 4.78 is 5.25. The van der Waals surface area contributed by atoms with Crippen LogP contribution in [0.5, 0.6) is 5.75 Å². The van der Waals surface area contributed by atoms with E-state index in [0.29, 0.717) is 27.7 Å². The van der Waals surface area contributed by atoms with Crippen LogP contribution in [-0.2, 0) is 9.59 Å². The Balaban J connectivity index is 2.07. The van der Waals surface area contributed by atoms with E-state index in [1.165, 1.54) is 18.9 Å². The number of nitrogens with one attached hydrogen (secondary N) is 1. The summed E-state index contributed by atoms with van der Waals surface area (Å²) in [6.07, 6.45) is 0.102. The van der Waals surface area contributed by atoms with Crippen LogP contribution >= 0.6 is 11.6 Å². The van der Waals surface area contributed by atoms with E-state index in [4.69, 9.17) is 21.6 Å². The number of hydrogen-bond acceptors (Lipinski definition) is 4. The van der Waals surface area contributed by atoms with Gasteiger partial charge in [-0.05, 0) is 42.8 Å². The highest BCUT2D eigenvalue weighted by molar-refractivity contribution is 6.31. The number of benzene rings is 2. The topological polar surface area (TPSA) is 82.4 Å². The molecule has 0 aliphatic carbocycles. The van der Waals surface area contributed by atoms with Crippen LogP contribution in [0.4, 0.5) is 11.4 Å². The summed E-state index contributed by atoms with van der Waals surface area (Å²) in [5.41, 5.74) is 2.48. The summed E-state index contributed by atoms with van der Waals surface area (Å²) in [6.45, 7) is 3.48. The molecule has 0 saturated carbocycles. The zero-order valence-corrected chi connectivity index (χ0v) is 16.1. The Bertz CT molecular complexity index is 889. The lowest BCUT2D eigenvalue weighted by atomic mass is 10.2. The molecule has 140 valence electrons. The number of ether oxygens (including phenoxy) is 1. The maximum atomic E-state index is 12.4. The maximum Gasteiger partial charge on any atom is 0.226 e. The quantitative estimate of drug-likeness (QED) is 0.817. The molecule has 0 heterocycles. The van der Waals surface area contributed by atoms with Gasteiger partial charge in [0.2, 0.25) is 11.8 Å². The molecule has 7 heteroatoms. The Hall–Kier alpha value is -3.04. The van der Waals surface area contributed by atoms with Gasteiger partial charge in [-0.25, -0.2) is 0 Å². The lowest BCUT2D eigenvalue weighted by molar-refractivity contribution is -0.117. The second-order valence-electron chi connectivity index (χ2n) is 5.93. The van der Waals surface area contributed by atoms with Crippen LogP contribution in [0.1, 0.15) is 24.5 Å². The van der Waals surface area contributed by atoms with E-state index in [2.05, 4.69) is 5.32 Å². The molecule has 0 unspecified atom stereocenters. The van der Waals surface area contributed by atoms with Crippen LogP contribution in [0, 0.1) is 18.3 Å². The molecular formula is C20H20ClN3O3. The van der Waals surface area contributed by atoms with Crippen LogP contribution in [0.25, 0.3) is 0 Å². The van der Waals surface area contributed by atoms with Crippen LogP contribution in [-0.4, -0.2) is 25.5 Å². The van der Waals surface area contributed by atoms with Crippen LogP contribution in [0.2, 0.25) is 5.02 Å². The summed E-state index contributed by atoms with van der Waals surface area (Å²) in [5.74, 6) is 0.0248. The van der Waals surface area contributed by atoms with Crippen molar-refractivity contribution >= 4 is 34.8 Å². The van der Waals surface area contributed by atoms with Crippen molar-refractivity contribution in [2.45, 2.75) is 20.3 Å². The van der Waals surface area contributed by atoms with Gasteiger partial charge in [-0.15, -0.1) is 0 Å². The molecule has 0 bridgehead atoms. The van der Waals surface area contributed by atoms with Crippen molar-refractivity contribution in [2.24, 2.45) is 0 Å². The molecule has 0 aromatic heterocycles. The molecule has 2 aromatic rings. The van der Waals surface area contributed by atoms with Crippen molar-refractivity contribution in [2.75, 3.05) is 23.9 Å². The van der Waals surface area contributed by atoms with Crippen LogP contribution < -0.4 is 15.0 Å². The highest BCUT2D eigenvalue weighted by atomic mass is 35.5. The first-order valence-electron chi connectivity index (χ1n) is 8.28. The number of hydrogen-bond donors (Lipinski definition) is 1. The van der Waals surface area contributed by atoms with Crippen molar-refractivity contribution in [1.82, 2.24) is 0 Å². The summed E-state index contributed by atoms with van der Waals surface area (Å²) >= 11 is 6.07. The number of amides is 2. The average molecular weight is 386 g/mol. The van der Waals surface area contributed by atoms with Crippen molar-refractivity contribution in [3.8, 4) is 11.8 Å². The van der Waals surface area contributed by atoms with Crippen molar-refractivity contribution < 1.29 is 14.3 Å². The third kappa shape index (κ3) is 5.22. The molecule has 0 atom stereocenters. The minimum absolute atomic E-state index is 0.102. The molecule has 0 saturated heterocycles. The Morgan fingerprint density at radius 3 is 2.48 bits per heavy atom. The van der Waals surface area contributed by atoms with Crippen molar-refractivity contribution in [3.05, 3.63) is 52.5 Å². The third-order valence-electron chi connectivity index (χ3n) is 4.01. The molecular weight excluding hydrogens is 366 g/mol. The molecule has 2 amide bonds. The molecule has 2 aromatic carbocycles. The highest BCUT2D eigenvalue weighted by Crippen LogP contribution is 2.31. The van der Waals surface area contributed by atoms with Crippen LogP contribution in [0.3, 0.4) is 0 Å². The summed E-state index contributed by atoms with van der Waals surface area (Å²) in [5, 5.41) is 12.2. The Morgan fingerprint density at radius 1 is 1.26 bits per heavy atom. The van der Waals surface area contributed by atoms with E-state index in [9.17, 15) is 9.59 Å². The van der Waals surface area contributed by atoms with Gasteiger partial charge in [-0.3, -0.25) is 9.59 Å². The van der Waals surface area contributed by atoms with Crippen LogP contribution in [0.15, 0.2) is 36.4 Å². The Morgan fingerprint density at radius 2 is 1.93 bits per heavy atom. The molecule has 0 aliphatic heterocycles. The van der Waals surface area contributed by atoms with Gasteiger partial charge in [0.25, 0.3) is 0 Å². The zero-order chi connectivity index (χ0) is 20.0. The van der Waals surface area contributed by atoms with Gasteiger partial charge in [0.1, 0.15) is 5.75 Å². The maximum absolute atomic E-state index is 12.4. The second kappa shape index (κ2) is 9.06. The molecule has 0 spiro atoms. The number of aryl methyl sites for hydroxylation is 1. The number of nitrogens with zero attached hydrogens (tertiary/aromatic N) is 2. The third-order valence-corrected chi connectivity index (χ3v) is 4.41. The fourth-order valence-corrected chi connectivity index (χ4v) is 2.69. The predicted molar refractivity (Wildman–Crippen MR) is 105 cm³/mol.